The first kappa shape index (κ1) is 14.7. The van der Waals surface area contributed by atoms with Crippen molar-refractivity contribution < 1.29 is 9.53 Å². The standard InChI is InChI=1S/C12H17N3O2.ClH/c1-8-6-15(7-9(2)17-8)12(16)10-5-14-4-3-11(10)13;/h3-5,8-9H,6-7H2,1-2H3,(H2,13,14);1H. The van der Waals surface area contributed by atoms with Crippen LogP contribution in [0.3, 0.4) is 0 Å². The van der Waals surface area contributed by atoms with E-state index in [1.54, 1.807) is 17.2 Å². The number of morpholine rings is 1. The second-order valence-electron chi connectivity index (χ2n) is 4.43. The maximum Gasteiger partial charge on any atom is 0.257 e. The number of hydrogen-bond acceptors (Lipinski definition) is 4. The molecule has 0 aliphatic carbocycles. The van der Waals surface area contributed by atoms with Gasteiger partial charge in [-0.1, -0.05) is 0 Å². The van der Waals surface area contributed by atoms with E-state index in [1.807, 2.05) is 13.8 Å². The van der Waals surface area contributed by atoms with E-state index in [4.69, 9.17) is 10.5 Å². The van der Waals surface area contributed by atoms with E-state index >= 15 is 0 Å². The number of nitrogens with zero attached hydrogens (tertiary/aromatic N) is 2. The molecule has 5 nitrogen and oxygen atoms in total. The van der Waals surface area contributed by atoms with E-state index in [-0.39, 0.29) is 30.5 Å². The molecule has 1 aromatic rings. The molecule has 2 rings (SSSR count). The number of anilines is 1. The molecule has 1 aliphatic rings. The zero-order valence-corrected chi connectivity index (χ0v) is 11.3. The van der Waals surface area contributed by atoms with Gasteiger partial charge in [0.05, 0.1) is 17.8 Å². The zero-order valence-electron chi connectivity index (χ0n) is 10.5. The van der Waals surface area contributed by atoms with Gasteiger partial charge in [-0.2, -0.15) is 0 Å². The number of amides is 1. The lowest BCUT2D eigenvalue weighted by Crippen LogP contribution is -2.48. The molecule has 1 fully saturated rings. The molecule has 1 aromatic heterocycles. The Labute approximate surface area is 113 Å². The van der Waals surface area contributed by atoms with E-state index in [0.29, 0.717) is 24.3 Å². The van der Waals surface area contributed by atoms with Crippen LogP contribution < -0.4 is 5.73 Å². The van der Waals surface area contributed by atoms with Crippen LogP contribution in [0.1, 0.15) is 24.2 Å². The summed E-state index contributed by atoms with van der Waals surface area (Å²) in [5.74, 6) is -0.0717. The average Bonchev–Trinajstić information content (AvgIpc) is 2.27. The first-order chi connectivity index (χ1) is 8.08. The van der Waals surface area contributed by atoms with Crippen LogP contribution >= 0.6 is 12.4 Å². The van der Waals surface area contributed by atoms with Crippen LogP contribution in [0.2, 0.25) is 0 Å². The molecular formula is C12H18ClN3O2. The SMILES string of the molecule is CC1CN(C(=O)c2cnccc2N)CC(C)O1.Cl. The smallest absolute Gasteiger partial charge is 0.257 e. The lowest BCUT2D eigenvalue weighted by Gasteiger charge is -2.35. The van der Waals surface area contributed by atoms with Gasteiger partial charge in [0.15, 0.2) is 0 Å². The Morgan fingerprint density at radius 1 is 1.44 bits per heavy atom. The summed E-state index contributed by atoms with van der Waals surface area (Å²) in [6, 6.07) is 1.64. The number of rotatable bonds is 1. The highest BCUT2D eigenvalue weighted by atomic mass is 35.5. The van der Waals surface area contributed by atoms with Gasteiger partial charge in [-0.25, -0.2) is 0 Å². The second-order valence-corrected chi connectivity index (χ2v) is 4.43. The number of ether oxygens (including phenoxy) is 1. The fraction of sp³-hybridized carbons (Fsp3) is 0.500. The lowest BCUT2D eigenvalue weighted by molar-refractivity contribution is -0.0586. The van der Waals surface area contributed by atoms with Crippen LogP contribution in [0.15, 0.2) is 18.5 Å². The summed E-state index contributed by atoms with van der Waals surface area (Å²) in [6.45, 7) is 5.11. The molecule has 2 unspecified atom stereocenters. The second kappa shape index (κ2) is 6.02. The summed E-state index contributed by atoms with van der Waals surface area (Å²) in [6.07, 6.45) is 3.21. The average molecular weight is 272 g/mol. The minimum Gasteiger partial charge on any atom is -0.398 e. The number of pyridine rings is 1. The van der Waals surface area contributed by atoms with Crippen molar-refractivity contribution in [3.63, 3.8) is 0 Å². The van der Waals surface area contributed by atoms with Crippen LogP contribution in [-0.2, 0) is 4.74 Å². The number of hydrogen-bond donors (Lipinski definition) is 1. The van der Waals surface area contributed by atoms with E-state index in [2.05, 4.69) is 4.98 Å². The van der Waals surface area contributed by atoms with E-state index in [0.717, 1.165) is 0 Å². The summed E-state index contributed by atoms with van der Waals surface area (Å²) < 4.78 is 5.59. The van der Waals surface area contributed by atoms with Crippen LogP contribution in [0.25, 0.3) is 0 Å². The van der Waals surface area contributed by atoms with E-state index in [1.165, 1.54) is 6.20 Å². The minimum absolute atomic E-state index is 0. The largest absolute Gasteiger partial charge is 0.398 e. The van der Waals surface area contributed by atoms with Gasteiger partial charge < -0.3 is 15.4 Å². The third-order valence-electron chi connectivity index (χ3n) is 2.79. The van der Waals surface area contributed by atoms with Gasteiger partial charge >= 0.3 is 0 Å². The number of nitrogens with two attached hydrogens (primary N) is 1. The van der Waals surface area contributed by atoms with Crippen LogP contribution in [0, 0.1) is 0 Å². The normalized spacial score (nSPS) is 23.3. The molecule has 6 heteroatoms. The molecule has 100 valence electrons. The first-order valence-electron chi connectivity index (χ1n) is 5.72. The van der Waals surface area contributed by atoms with Crippen molar-refractivity contribution in [1.82, 2.24) is 9.88 Å². The molecule has 1 aliphatic heterocycles. The molecule has 1 saturated heterocycles. The Morgan fingerprint density at radius 3 is 2.61 bits per heavy atom. The van der Waals surface area contributed by atoms with Crippen molar-refractivity contribution in [2.45, 2.75) is 26.1 Å². The van der Waals surface area contributed by atoms with Crippen LogP contribution in [-0.4, -0.2) is 41.1 Å². The van der Waals surface area contributed by atoms with Gasteiger partial charge in [0, 0.05) is 31.2 Å². The fourth-order valence-electron chi connectivity index (χ4n) is 2.10. The van der Waals surface area contributed by atoms with Crippen molar-refractivity contribution in [3.05, 3.63) is 24.0 Å². The quantitative estimate of drug-likeness (QED) is 0.837. The van der Waals surface area contributed by atoms with E-state index in [9.17, 15) is 4.79 Å². The van der Waals surface area contributed by atoms with Gasteiger partial charge in [0.25, 0.3) is 5.91 Å². The Bertz CT molecular complexity index is 418. The Balaban J connectivity index is 0.00000162. The first-order valence-corrected chi connectivity index (χ1v) is 5.72. The summed E-state index contributed by atoms with van der Waals surface area (Å²) in [5.41, 5.74) is 6.71. The van der Waals surface area contributed by atoms with Crippen molar-refractivity contribution in [3.8, 4) is 0 Å². The molecule has 0 spiro atoms. The molecule has 2 N–H and O–H groups in total. The Morgan fingerprint density at radius 2 is 2.06 bits per heavy atom. The maximum absolute atomic E-state index is 12.3. The molecule has 1 amide bonds. The fourth-order valence-corrected chi connectivity index (χ4v) is 2.10. The van der Waals surface area contributed by atoms with Crippen molar-refractivity contribution in [2.24, 2.45) is 0 Å². The monoisotopic (exact) mass is 271 g/mol. The number of carbonyl (C=O) groups excluding carboxylic acids is 1. The van der Waals surface area contributed by atoms with E-state index < -0.39 is 0 Å². The molecule has 0 aromatic carbocycles. The van der Waals surface area contributed by atoms with Crippen LogP contribution in [0.5, 0.6) is 0 Å². The zero-order chi connectivity index (χ0) is 12.4. The summed E-state index contributed by atoms with van der Waals surface area (Å²) in [7, 11) is 0. The van der Waals surface area contributed by atoms with Gasteiger partial charge in [-0.3, -0.25) is 9.78 Å². The number of carbonyl (C=O) groups is 1. The Kier molecular flexibility index (Phi) is 4.93. The Hall–Kier alpha value is -1.33. The van der Waals surface area contributed by atoms with Crippen molar-refractivity contribution in [1.29, 1.82) is 0 Å². The predicted octanol–water partition coefficient (Wildman–Crippen LogP) is 1.33. The molecule has 0 radical (unpaired) electrons. The molecule has 2 heterocycles. The van der Waals surface area contributed by atoms with Gasteiger partial charge in [0.2, 0.25) is 0 Å². The third-order valence-corrected chi connectivity index (χ3v) is 2.79. The minimum atomic E-state index is -0.0717. The highest BCUT2D eigenvalue weighted by Crippen LogP contribution is 2.17. The number of halogens is 1. The number of aromatic nitrogens is 1. The van der Waals surface area contributed by atoms with Gasteiger partial charge in [-0.05, 0) is 19.9 Å². The molecule has 0 bridgehead atoms. The highest BCUT2D eigenvalue weighted by Gasteiger charge is 2.27. The lowest BCUT2D eigenvalue weighted by atomic mass is 10.1. The summed E-state index contributed by atoms with van der Waals surface area (Å²) >= 11 is 0. The van der Waals surface area contributed by atoms with Crippen molar-refractivity contribution >= 4 is 24.0 Å². The van der Waals surface area contributed by atoms with Crippen LogP contribution in [0.4, 0.5) is 5.69 Å². The molecule has 2 atom stereocenters. The molecular weight excluding hydrogens is 254 g/mol. The van der Waals surface area contributed by atoms with Gasteiger partial charge in [0.1, 0.15) is 0 Å². The number of nitrogen functional groups attached to an aromatic ring is 1. The topological polar surface area (TPSA) is 68.5 Å². The molecule has 18 heavy (non-hydrogen) atoms. The summed E-state index contributed by atoms with van der Waals surface area (Å²) in [4.78, 5) is 18.0. The molecule has 0 saturated carbocycles. The maximum atomic E-state index is 12.3. The highest BCUT2D eigenvalue weighted by molar-refractivity contribution is 5.98. The van der Waals surface area contributed by atoms with Gasteiger partial charge in [-0.15, -0.1) is 12.4 Å². The third kappa shape index (κ3) is 3.11. The summed E-state index contributed by atoms with van der Waals surface area (Å²) in [5, 5.41) is 0. The predicted molar refractivity (Wildman–Crippen MR) is 71.8 cm³/mol. The van der Waals surface area contributed by atoms with Crippen molar-refractivity contribution in [2.75, 3.05) is 18.8 Å².